The van der Waals surface area contributed by atoms with Crippen LogP contribution in [0.5, 0.6) is 0 Å². The molecule has 2 rings (SSSR count). The first-order valence-electron chi connectivity index (χ1n) is 8.97. The Hall–Kier alpha value is -1.06. The van der Waals surface area contributed by atoms with E-state index in [-0.39, 0.29) is 35.7 Å². The Morgan fingerprint density at radius 1 is 1.00 bits per heavy atom. The molecule has 126 valence electrons. The molecule has 0 aliphatic heterocycles. The Kier molecular flexibility index (Phi) is 6.27. The van der Waals surface area contributed by atoms with Crippen LogP contribution >= 0.6 is 0 Å². The normalized spacial score (nSPS) is 33.9. The summed E-state index contributed by atoms with van der Waals surface area (Å²) in [5, 5.41) is 9.53. The minimum absolute atomic E-state index is 0.0447. The molecule has 0 saturated heterocycles. The molecule has 5 unspecified atom stereocenters. The van der Waals surface area contributed by atoms with Crippen molar-refractivity contribution in [1.29, 1.82) is 0 Å². The molecular weight excluding hydrogens is 280 g/mol. The van der Waals surface area contributed by atoms with Gasteiger partial charge in [-0.15, -0.1) is 0 Å². The zero-order valence-electron chi connectivity index (χ0n) is 13.9. The Morgan fingerprint density at radius 2 is 1.50 bits per heavy atom. The van der Waals surface area contributed by atoms with Gasteiger partial charge in [-0.3, -0.25) is 9.59 Å². The van der Waals surface area contributed by atoms with Crippen molar-refractivity contribution in [2.45, 2.75) is 77.7 Å². The molecule has 0 heterocycles. The highest BCUT2D eigenvalue weighted by Gasteiger charge is 2.43. The van der Waals surface area contributed by atoms with Crippen molar-refractivity contribution in [3.05, 3.63) is 0 Å². The number of esters is 1. The first-order chi connectivity index (χ1) is 10.5. The summed E-state index contributed by atoms with van der Waals surface area (Å²) in [6, 6.07) is 0. The fourth-order valence-corrected chi connectivity index (χ4v) is 4.31. The van der Waals surface area contributed by atoms with E-state index in [1.54, 1.807) is 0 Å². The zero-order valence-corrected chi connectivity index (χ0v) is 13.9. The molecule has 5 atom stereocenters. The Labute approximate surface area is 133 Å². The van der Waals surface area contributed by atoms with Crippen LogP contribution in [0.2, 0.25) is 0 Å². The second kappa shape index (κ2) is 7.98. The Bertz CT molecular complexity index is 393. The fraction of sp³-hybridized carbons (Fsp3) is 0.889. The number of carboxylic acids is 1. The van der Waals surface area contributed by atoms with E-state index < -0.39 is 5.97 Å². The van der Waals surface area contributed by atoms with Gasteiger partial charge in [-0.2, -0.15) is 0 Å². The van der Waals surface area contributed by atoms with Crippen molar-refractivity contribution < 1.29 is 19.4 Å². The van der Waals surface area contributed by atoms with E-state index in [0.717, 1.165) is 57.8 Å². The predicted molar refractivity (Wildman–Crippen MR) is 84.4 cm³/mol. The monoisotopic (exact) mass is 310 g/mol. The number of carbonyl (C=O) groups is 2. The van der Waals surface area contributed by atoms with Crippen LogP contribution in [-0.2, 0) is 14.3 Å². The highest BCUT2D eigenvalue weighted by atomic mass is 16.5. The van der Waals surface area contributed by atoms with Crippen LogP contribution in [0, 0.1) is 23.7 Å². The molecule has 0 spiro atoms. The van der Waals surface area contributed by atoms with Crippen LogP contribution in [0.1, 0.15) is 71.6 Å². The summed E-state index contributed by atoms with van der Waals surface area (Å²) in [4.78, 5) is 24.1. The highest BCUT2D eigenvalue weighted by molar-refractivity contribution is 5.74. The highest BCUT2D eigenvalue weighted by Crippen LogP contribution is 2.44. The van der Waals surface area contributed by atoms with Gasteiger partial charge in [-0.25, -0.2) is 0 Å². The third-order valence-electron chi connectivity index (χ3n) is 5.70. The smallest absolute Gasteiger partial charge is 0.309 e. The molecule has 0 aromatic carbocycles. The zero-order chi connectivity index (χ0) is 16.1. The van der Waals surface area contributed by atoms with Gasteiger partial charge in [0, 0.05) is 0 Å². The maximum absolute atomic E-state index is 12.5. The molecule has 4 heteroatoms. The maximum Gasteiger partial charge on any atom is 0.309 e. The average molecular weight is 310 g/mol. The largest absolute Gasteiger partial charge is 0.481 e. The summed E-state index contributed by atoms with van der Waals surface area (Å²) >= 11 is 0. The average Bonchev–Trinajstić information content (AvgIpc) is 2.54. The van der Waals surface area contributed by atoms with Crippen molar-refractivity contribution in [3.8, 4) is 0 Å². The Balaban J connectivity index is 2.10. The molecule has 0 amide bonds. The molecular formula is C18H30O4. The molecule has 2 aliphatic carbocycles. The van der Waals surface area contributed by atoms with Crippen LogP contribution in [0.3, 0.4) is 0 Å². The third kappa shape index (κ3) is 4.02. The van der Waals surface area contributed by atoms with Crippen molar-refractivity contribution in [2.75, 3.05) is 0 Å². The van der Waals surface area contributed by atoms with Crippen LogP contribution in [0.4, 0.5) is 0 Å². The lowest BCUT2D eigenvalue weighted by Gasteiger charge is -2.40. The van der Waals surface area contributed by atoms with Gasteiger partial charge in [0.25, 0.3) is 0 Å². The number of hydrogen-bond donors (Lipinski definition) is 1. The molecule has 1 N–H and O–H groups in total. The van der Waals surface area contributed by atoms with Crippen molar-refractivity contribution in [3.63, 3.8) is 0 Å². The first-order valence-corrected chi connectivity index (χ1v) is 8.97. The number of carboxylic acid groups (broad SMARTS) is 1. The van der Waals surface area contributed by atoms with E-state index in [1.807, 2.05) is 13.8 Å². The van der Waals surface area contributed by atoms with Gasteiger partial charge in [0.05, 0.1) is 17.9 Å². The summed E-state index contributed by atoms with van der Waals surface area (Å²) < 4.78 is 5.57. The number of carbonyl (C=O) groups excluding carboxylic acids is 1. The lowest BCUT2D eigenvalue weighted by molar-refractivity contribution is -0.161. The van der Waals surface area contributed by atoms with Gasteiger partial charge in [0.2, 0.25) is 0 Å². The molecule has 0 aromatic heterocycles. The van der Waals surface area contributed by atoms with Crippen molar-refractivity contribution >= 4 is 11.9 Å². The van der Waals surface area contributed by atoms with Gasteiger partial charge >= 0.3 is 11.9 Å². The standard InChI is InChI=1S/C18H30O4/c1-3-12(2)22-18(21)16-11-7-5-9-14(16)13-8-4-6-10-15(13)17(19)20/h12-16H,3-11H2,1-2H3,(H,19,20). The van der Waals surface area contributed by atoms with Gasteiger partial charge in [0.1, 0.15) is 0 Å². The van der Waals surface area contributed by atoms with E-state index in [9.17, 15) is 14.7 Å². The molecule has 2 aliphatic rings. The van der Waals surface area contributed by atoms with E-state index in [0.29, 0.717) is 0 Å². The van der Waals surface area contributed by atoms with E-state index in [1.165, 1.54) is 0 Å². The number of rotatable bonds is 5. The number of aliphatic carboxylic acids is 1. The SMILES string of the molecule is CCC(C)OC(=O)C1CCCCC1C1CCCCC1C(=O)O. The van der Waals surface area contributed by atoms with E-state index >= 15 is 0 Å². The summed E-state index contributed by atoms with van der Waals surface area (Å²) in [7, 11) is 0. The van der Waals surface area contributed by atoms with Crippen LogP contribution in [0.25, 0.3) is 0 Å². The van der Waals surface area contributed by atoms with Gasteiger partial charge in [-0.05, 0) is 50.9 Å². The topological polar surface area (TPSA) is 63.6 Å². The van der Waals surface area contributed by atoms with Crippen molar-refractivity contribution in [1.82, 2.24) is 0 Å². The molecule has 2 saturated carbocycles. The van der Waals surface area contributed by atoms with Gasteiger partial charge in [0.15, 0.2) is 0 Å². The molecule has 2 fully saturated rings. The summed E-state index contributed by atoms with van der Waals surface area (Å²) in [6.45, 7) is 3.94. The van der Waals surface area contributed by atoms with E-state index in [2.05, 4.69) is 0 Å². The minimum atomic E-state index is -0.677. The number of hydrogen-bond acceptors (Lipinski definition) is 3. The lowest BCUT2D eigenvalue weighted by atomic mass is 9.64. The second-order valence-corrected chi connectivity index (χ2v) is 7.10. The maximum atomic E-state index is 12.5. The van der Waals surface area contributed by atoms with Crippen LogP contribution < -0.4 is 0 Å². The minimum Gasteiger partial charge on any atom is -0.481 e. The molecule has 0 aromatic rings. The first kappa shape index (κ1) is 17.3. The third-order valence-corrected chi connectivity index (χ3v) is 5.70. The Morgan fingerprint density at radius 3 is 2.05 bits per heavy atom. The van der Waals surface area contributed by atoms with E-state index in [4.69, 9.17) is 4.74 Å². The van der Waals surface area contributed by atoms with Gasteiger partial charge < -0.3 is 9.84 Å². The molecule has 22 heavy (non-hydrogen) atoms. The van der Waals surface area contributed by atoms with Crippen LogP contribution in [0.15, 0.2) is 0 Å². The second-order valence-electron chi connectivity index (χ2n) is 7.10. The van der Waals surface area contributed by atoms with Gasteiger partial charge in [-0.1, -0.05) is 32.6 Å². The quantitative estimate of drug-likeness (QED) is 0.779. The fourth-order valence-electron chi connectivity index (χ4n) is 4.31. The molecule has 0 bridgehead atoms. The number of ether oxygens (including phenoxy) is 1. The summed E-state index contributed by atoms with van der Waals surface area (Å²) in [5.74, 6) is -0.769. The van der Waals surface area contributed by atoms with Crippen LogP contribution in [-0.4, -0.2) is 23.1 Å². The summed E-state index contributed by atoms with van der Waals surface area (Å²) in [6.07, 6.45) is 8.61. The summed E-state index contributed by atoms with van der Waals surface area (Å²) in [5.41, 5.74) is 0. The molecule has 0 radical (unpaired) electrons. The predicted octanol–water partition coefficient (Wildman–Crippen LogP) is 4.03. The van der Waals surface area contributed by atoms with Crippen molar-refractivity contribution in [2.24, 2.45) is 23.7 Å². The molecule has 4 nitrogen and oxygen atoms in total. The lowest BCUT2D eigenvalue weighted by Crippen LogP contribution is -2.40.